The van der Waals surface area contributed by atoms with Crippen LogP contribution in [-0.4, -0.2) is 61.5 Å². The summed E-state index contributed by atoms with van der Waals surface area (Å²) in [6, 6.07) is 0.470. The van der Waals surface area contributed by atoms with Gasteiger partial charge >= 0.3 is 0 Å². The number of nitrogens with one attached hydrogen (secondary N) is 1. The van der Waals surface area contributed by atoms with E-state index in [1.807, 2.05) is 11.9 Å². The Bertz CT molecular complexity index is 304. The van der Waals surface area contributed by atoms with Crippen LogP contribution < -0.4 is 5.32 Å². The van der Waals surface area contributed by atoms with Crippen molar-refractivity contribution in [2.24, 2.45) is 5.92 Å². The van der Waals surface area contributed by atoms with Crippen molar-refractivity contribution in [1.29, 1.82) is 0 Å². The minimum Gasteiger partial charge on any atom is -0.343 e. The fourth-order valence-electron chi connectivity index (χ4n) is 3.51. The fourth-order valence-corrected chi connectivity index (χ4v) is 3.51. The van der Waals surface area contributed by atoms with Gasteiger partial charge in [0.1, 0.15) is 0 Å². The summed E-state index contributed by atoms with van der Waals surface area (Å²) < 4.78 is 0. The second-order valence-electron chi connectivity index (χ2n) is 6.47. The molecule has 0 spiro atoms. The lowest BCUT2D eigenvalue weighted by atomic mass is 10.00. The lowest BCUT2D eigenvalue weighted by molar-refractivity contribution is -0.133. The summed E-state index contributed by atoms with van der Waals surface area (Å²) >= 11 is 0. The molecule has 1 N–H and O–H groups in total. The molecule has 2 saturated heterocycles. The van der Waals surface area contributed by atoms with Crippen LogP contribution in [0.4, 0.5) is 0 Å². The summed E-state index contributed by atoms with van der Waals surface area (Å²) in [4.78, 5) is 16.9. The van der Waals surface area contributed by atoms with Crippen LogP contribution in [0.2, 0.25) is 0 Å². The van der Waals surface area contributed by atoms with Crippen molar-refractivity contribution < 1.29 is 4.79 Å². The Morgan fingerprint density at radius 1 is 1.23 bits per heavy atom. The molecule has 0 saturated carbocycles. The highest BCUT2D eigenvalue weighted by Gasteiger charge is 2.25. The van der Waals surface area contributed by atoms with E-state index in [-0.39, 0.29) is 24.8 Å². The van der Waals surface area contributed by atoms with Gasteiger partial charge in [-0.3, -0.25) is 4.79 Å². The molecule has 1 amide bonds. The zero-order valence-corrected chi connectivity index (χ0v) is 15.7. The predicted molar refractivity (Wildman–Crippen MR) is 97.2 cm³/mol. The molecule has 6 heteroatoms. The summed E-state index contributed by atoms with van der Waals surface area (Å²) in [6.07, 6.45) is 6.56. The number of amides is 1. The van der Waals surface area contributed by atoms with Gasteiger partial charge in [0.05, 0.1) is 0 Å². The second-order valence-corrected chi connectivity index (χ2v) is 6.47. The quantitative estimate of drug-likeness (QED) is 0.796. The molecule has 0 aromatic rings. The minimum atomic E-state index is 0. The van der Waals surface area contributed by atoms with Crippen molar-refractivity contribution in [1.82, 2.24) is 15.1 Å². The lowest BCUT2D eigenvalue weighted by Gasteiger charge is -2.36. The van der Waals surface area contributed by atoms with E-state index in [2.05, 4.69) is 17.1 Å². The van der Waals surface area contributed by atoms with E-state index in [4.69, 9.17) is 0 Å². The van der Waals surface area contributed by atoms with Crippen molar-refractivity contribution >= 4 is 30.7 Å². The second kappa shape index (κ2) is 11.5. The molecule has 0 bridgehead atoms. The van der Waals surface area contributed by atoms with Gasteiger partial charge in [-0.2, -0.15) is 0 Å². The molecule has 132 valence electrons. The first-order chi connectivity index (χ1) is 9.70. The van der Waals surface area contributed by atoms with Gasteiger partial charge < -0.3 is 15.1 Å². The van der Waals surface area contributed by atoms with Crippen LogP contribution in [0.5, 0.6) is 0 Å². The summed E-state index contributed by atoms with van der Waals surface area (Å²) in [6.45, 7) is 7.99. The van der Waals surface area contributed by atoms with Crippen molar-refractivity contribution in [3.05, 3.63) is 0 Å². The monoisotopic (exact) mass is 353 g/mol. The van der Waals surface area contributed by atoms with Gasteiger partial charge in [0.25, 0.3) is 0 Å². The molecular weight excluding hydrogens is 321 g/mol. The van der Waals surface area contributed by atoms with Crippen LogP contribution in [0.3, 0.4) is 0 Å². The van der Waals surface area contributed by atoms with Gasteiger partial charge in [0.15, 0.2) is 0 Å². The number of carbonyl (C=O) groups excluding carboxylic acids is 1. The van der Waals surface area contributed by atoms with Gasteiger partial charge in [-0.15, -0.1) is 24.8 Å². The highest BCUT2D eigenvalue weighted by atomic mass is 35.5. The van der Waals surface area contributed by atoms with Crippen molar-refractivity contribution in [2.45, 2.75) is 51.5 Å². The minimum absolute atomic E-state index is 0. The zero-order chi connectivity index (χ0) is 14.4. The van der Waals surface area contributed by atoms with Crippen LogP contribution in [0.25, 0.3) is 0 Å². The van der Waals surface area contributed by atoms with Crippen molar-refractivity contribution in [3.63, 3.8) is 0 Å². The fraction of sp³-hybridized carbons (Fsp3) is 0.938. The van der Waals surface area contributed by atoms with Gasteiger partial charge in [-0.05, 0) is 57.7 Å². The van der Waals surface area contributed by atoms with E-state index < -0.39 is 0 Å². The molecule has 0 aliphatic carbocycles. The normalized spacial score (nSPS) is 22.7. The third kappa shape index (κ3) is 6.61. The van der Waals surface area contributed by atoms with Crippen molar-refractivity contribution in [3.8, 4) is 0 Å². The van der Waals surface area contributed by atoms with E-state index in [0.717, 1.165) is 57.8 Å². The average Bonchev–Trinajstić information content (AvgIpc) is 2.98. The molecule has 1 unspecified atom stereocenters. The number of likely N-dealkylation sites (tertiary alicyclic amines) is 1. The van der Waals surface area contributed by atoms with E-state index >= 15 is 0 Å². The van der Waals surface area contributed by atoms with Gasteiger partial charge in [-0.25, -0.2) is 0 Å². The lowest BCUT2D eigenvalue weighted by Crippen LogP contribution is -2.45. The Hall–Kier alpha value is -0.0300. The van der Waals surface area contributed by atoms with E-state index in [1.54, 1.807) is 0 Å². The Kier molecular flexibility index (Phi) is 11.5. The number of piperidine rings is 1. The third-order valence-corrected chi connectivity index (χ3v) is 4.97. The number of carbonyl (C=O) groups is 1. The summed E-state index contributed by atoms with van der Waals surface area (Å²) in [5.74, 6) is 1.07. The molecule has 1 atom stereocenters. The zero-order valence-electron chi connectivity index (χ0n) is 14.1. The molecule has 2 rings (SSSR count). The predicted octanol–water partition coefficient (Wildman–Crippen LogP) is 2.55. The topological polar surface area (TPSA) is 35.6 Å². The Morgan fingerprint density at radius 3 is 2.45 bits per heavy atom. The van der Waals surface area contributed by atoms with E-state index in [0.29, 0.717) is 11.9 Å². The number of rotatable bonds is 6. The highest BCUT2D eigenvalue weighted by molar-refractivity contribution is 5.85. The van der Waals surface area contributed by atoms with Gasteiger partial charge in [-0.1, -0.05) is 6.92 Å². The molecule has 2 aliphatic heterocycles. The Labute approximate surface area is 148 Å². The molecule has 22 heavy (non-hydrogen) atoms. The molecule has 0 aromatic carbocycles. The summed E-state index contributed by atoms with van der Waals surface area (Å²) in [5.41, 5.74) is 0. The van der Waals surface area contributed by atoms with Gasteiger partial charge in [0.2, 0.25) is 5.91 Å². The largest absolute Gasteiger partial charge is 0.343 e. The standard InChI is InChI=1S/C16H31N3O.2ClH/c1-3-10-19-11-7-15(8-12-19)18(2)16(20)5-4-14-6-9-17-13-14;;/h14-15,17H,3-13H2,1-2H3;2*1H. The van der Waals surface area contributed by atoms with Crippen molar-refractivity contribution in [2.75, 3.05) is 39.8 Å². The molecule has 2 fully saturated rings. The third-order valence-electron chi connectivity index (χ3n) is 4.97. The Balaban J connectivity index is 0.00000220. The number of hydrogen-bond acceptors (Lipinski definition) is 3. The van der Waals surface area contributed by atoms with Crippen LogP contribution >= 0.6 is 24.8 Å². The maximum absolute atomic E-state index is 12.3. The van der Waals surface area contributed by atoms with Crippen LogP contribution in [0.15, 0.2) is 0 Å². The highest BCUT2D eigenvalue weighted by Crippen LogP contribution is 2.19. The summed E-state index contributed by atoms with van der Waals surface area (Å²) in [5, 5.41) is 3.38. The van der Waals surface area contributed by atoms with Crippen LogP contribution in [-0.2, 0) is 4.79 Å². The number of halogens is 2. The molecule has 4 nitrogen and oxygen atoms in total. The van der Waals surface area contributed by atoms with Gasteiger partial charge in [0, 0.05) is 32.6 Å². The van der Waals surface area contributed by atoms with Crippen LogP contribution in [0, 0.1) is 5.92 Å². The first-order valence-corrected chi connectivity index (χ1v) is 8.39. The number of hydrogen-bond donors (Lipinski definition) is 1. The maximum Gasteiger partial charge on any atom is 0.222 e. The van der Waals surface area contributed by atoms with E-state index in [1.165, 1.54) is 19.4 Å². The molecular formula is C16H33Cl2N3O. The smallest absolute Gasteiger partial charge is 0.222 e. The molecule has 0 aromatic heterocycles. The number of nitrogens with zero attached hydrogens (tertiary/aromatic N) is 2. The van der Waals surface area contributed by atoms with E-state index in [9.17, 15) is 4.79 Å². The SMILES string of the molecule is CCCN1CCC(N(C)C(=O)CCC2CCNC2)CC1.Cl.Cl. The molecule has 2 aliphatic rings. The summed E-state index contributed by atoms with van der Waals surface area (Å²) in [7, 11) is 2.01. The molecule has 2 heterocycles. The Morgan fingerprint density at radius 2 is 1.91 bits per heavy atom. The first kappa shape index (κ1) is 22.0. The average molecular weight is 354 g/mol. The first-order valence-electron chi connectivity index (χ1n) is 8.39. The van der Waals surface area contributed by atoms with Crippen LogP contribution in [0.1, 0.15) is 45.4 Å². The molecule has 0 radical (unpaired) electrons. The maximum atomic E-state index is 12.3.